The molecule has 0 N–H and O–H groups in total. The molecule has 2 aromatic rings. The molecule has 0 radical (unpaired) electrons. The monoisotopic (exact) mass is 177 g/mol. The Bertz CT molecular complexity index is 433. The number of carbonyl (C=O) groups excluding carboxylic acids is 1. The van der Waals surface area contributed by atoms with E-state index in [0.717, 1.165) is 26.9 Å². The number of hydrogen-bond donors (Lipinski definition) is 0. The lowest BCUT2D eigenvalue weighted by Gasteiger charge is -1.90. The zero-order valence-corrected chi connectivity index (χ0v) is 7.39. The van der Waals surface area contributed by atoms with Crippen molar-refractivity contribution in [3.05, 3.63) is 28.9 Å². The number of aldehydes is 1. The Hall–Kier alpha value is -1.22. The third-order valence-corrected chi connectivity index (χ3v) is 2.81. The highest BCUT2D eigenvalue weighted by Crippen LogP contribution is 2.25. The Kier molecular flexibility index (Phi) is 1.66. The van der Waals surface area contributed by atoms with Crippen LogP contribution >= 0.6 is 11.3 Å². The lowest BCUT2D eigenvalue weighted by atomic mass is 10.2. The summed E-state index contributed by atoms with van der Waals surface area (Å²) in [6, 6.07) is 3.81. The van der Waals surface area contributed by atoms with E-state index in [1.807, 2.05) is 19.1 Å². The number of thiophene rings is 1. The summed E-state index contributed by atoms with van der Waals surface area (Å²) in [7, 11) is 0. The number of pyridine rings is 1. The second-order valence-corrected chi connectivity index (χ2v) is 3.69. The van der Waals surface area contributed by atoms with Crippen LogP contribution in [0.4, 0.5) is 0 Å². The van der Waals surface area contributed by atoms with Crippen molar-refractivity contribution in [2.24, 2.45) is 0 Å². The van der Waals surface area contributed by atoms with Crippen LogP contribution in [0, 0.1) is 6.92 Å². The van der Waals surface area contributed by atoms with Gasteiger partial charge in [-0.25, -0.2) is 0 Å². The first kappa shape index (κ1) is 7.43. The number of fused-ring (bicyclic) bond motifs is 1. The number of aromatic nitrogens is 1. The van der Waals surface area contributed by atoms with Crippen LogP contribution in [0.5, 0.6) is 0 Å². The SMILES string of the molecule is Cc1nccc2sc(C=O)cc12. The fourth-order valence-electron chi connectivity index (χ4n) is 1.18. The van der Waals surface area contributed by atoms with E-state index in [1.54, 1.807) is 6.20 Å². The molecule has 2 aromatic heterocycles. The summed E-state index contributed by atoms with van der Waals surface area (Å²) < 4.78 is 1.13. The predicted octanol–water partition coefficient (Wildman–Crippen LogP) is 2.42. The Morgan fingerprint density at radius 2 is 2.42 bits per heavy atom. The summed E-state index contributed by atoms with van der Waals surface area (Å²) in [6.07, 6.45) is 2.65. The van der Waals surface area contributed by atoms with Crippen molar-refractivity contribution in [2.75, 3.05) is 0 Å². The van der Waals surface area contributed by atoms with Gasteiger partial charge in [0.05, 0.1) is 4.88 Å². The summed E-state index contributed by atoms with van der Waals surface area (Å²) in [6.45, 7) is 1.95. The first-order valence-electron chi connectivity index (χ1n) is 3.61. The highest BCUT2D eigenvalue weighted by molar-refractivity contribution is 7.20. The molecule has 0 fully saturated rings. The number of carbonyl (C=O) groups is 1. The van der Waals surface area contributed by atoms with Gasteiger partial charge in [0.2, 0.25) is 0 Å². The van der Waals surface area contributed by atoms with Gasteiger partial charge in [-0.2, -0.15) is 0 Å². The molecule has 0 aliphatic rings. The molecule has 0 saturated carbocycles. The normalized spacial score (nSPS) is 10.4. The van der Waals surface area contributed by atoms with Crippen molar-refractivity contribution < 1.29 is 4.79 Å². The van der Waals surface area contributed by atoms with Crippen LogP contribution in [-0.2, 0) is 0 Å². The Labute approximate surface area is 73.9 Å². The molecule has 0 aliphatic heterocycles. The van der Waals surface area contributed by atoms with Crippen LogP contribution in [0.1, 0.15) is 15.4 Å². The van der Waals surface area contributed by atoms with Crippen LogP contribution in [0.15, 0.2) is 18.3 Å². The van der Waals surface area contributed by atoms with Crippen LogP contribution in [0.25, 0.3) is 10.1 Å². The van der Waals surface area contributed by atoms with Gasteiger partial charge < -0.3 is 0 Å². The van der Waals surface area contributed by atoms with Crippen molar-refractivity contribution in [3.8, 4) is 0 Å². The largest absolute Gasteiger partial charge is 0.297 e. The standard InChI is InChI=1S/C9H7NOS/c1-6-8-4-7(5-11)12-9(8)2-3-10-6/h2-5H,1H3. The van der Waals surface area contributed by atoms with E-state index in [1.165, 1.54) is 11.3 Å². The molecule has 0 saturated heterocycles. The molecular formula is C9H7NOS. The minimum atomic E-state index is 0.765. The van der Waals surface area contributed by atoms with Gasteiger partial charge in [-0.05, 0) is 19.1 Å². The summed E-state index contributed by atoms with van der Waals surface area (Å²) >= 11 is 1.50. The lowest BCUT2D eigenvalue weighted by Crippen LogP contribution is -1.77. The van der Waals surface area contributed by atoms with Gasteiger partial charge in [-0.3, -0.25) is 9.78 Å². The molecule has 0 amide bonds. The van der Waals surface area contributed by atoms with E-state index in [9.17, 15) is 4.79 Å². The molecule has 12 heavy (non-hydrogen) atoms. The topological polar surface area (TPSA) is 30.0 Å². The van der Waals surface area contributed by atoms with Gasteiger partial charge in [0.15, 0.2) is 6.29 Å². The van der Waals surface area contributed by atoms with E-state index in [0.29, 0.717) is 0 Å². The molecule has 2 rings (SSSR count). The molecule has 3 heteroatoms. The number of nitrogens with zero attached hydrogens (tertiary/aromatic N) is 1. The quantitative estimate of drug-likeness (QED) is 0.626. The van der Waals surface area contributed by atoms with Crippen molar-refractivity contribution in [1.82, 2.24) is 4.98 Å². The molecule has 0 aromatic carbocycles. The number of aryl methyl sites for hydroxylation is 1. The molecule has 2 nitrogen and oxygen atoms in total. The molecule has 60 valence electrons. The molecule has 0 aliphatic carbocycles. The predicted molar refractivity (Wildman–Crippen MR) is 49.7 cm³/mol. The van der Waals surface area contributed by atoms with E-state index < -0.39 is 0 Å². The fourth-order valence-corrected chi connectivity index (χ4v) is 2.10. The van der Waals surface area contributed by atoms with E-state index >= 15 is 0 Å². The lowest BCUT2D eigenvalue weighted by molar-refractivity contribution is 0.112. The first-order chi connectivity index (χ1) is 5.81. The smallest absolute Gasteiger partial charge is 0.160 e. The average molecular weight is 177 g/mol. The Morgan fingerprint density at radius 1 is 1.58 bits per heavy atom. The summed E-state index contributed by atoms with van der Waals surface area (Å²) in [5.74, 6) is 0. The Morgan fingerprint density at radius 3 is 3.08 bits per heavy atom. The summed E-state index contributed by atoms with van der Waals surface area (Å²) in [4.78, 5) is 15.4. The summed E-state index contributed by atoms with van der Waals surface area (Å²) in [5, 5.41) is 1.09. The van der Waals surface area contributed by atoms with Gasteiger partial charge in [-0.1, -0.05) is 0 Å². The maximum Gasteiger partial charge on any atom is 0.160 e. The third-order valence-electron chi connectivity index (χ3n) is 1.78. The number of hydrogen-bond acceptors (Lipinski definition) is 3. The van der Waals surface area contributed by atoms with Gasteiger partial charge in [0, 0.05) is 22.0 Å². The molecule has 0 unspecified atom stereocenters. The minimum absolute atomic E-state index is 0.765. The van der Waals surface area contributed by atoms with Crippen molar-refractivity contribution >= 4 is 27.7 Å². The maximum absolute atomic E-state index is 10.5. The van der Waals surface area contributed by atoms with Crippen molar-refractivity contribution in [3.63, 3.8) is 0 Å². The minimum Gasteiger partial charge on any atom is -0.297 e. The zero-order chi connectivity index (χ0) is 8.55. The molecule has 0 atom stereocenters. The van der Waals surface area contributed by atoms with E-state index in [2.05, 4.69) is 4.98 Å². The molecule has 2 heterocycles. The van der Waals surface area contributed by atoms with Crippen LogP contribution < -0.4 is 0 Å². The van der Waals surface area contributed by atoms with E-state index in [4.69, 9.17) is 0 Å². The summed E-state index contributed by atoms with van der Waals surface area (Å²) in [5.41, 5.74) is 0.983. The van der Waals surface area contributed by atoms with Gasteiger partial charge in [0.1, 0.15) is 0 Å². The van der Waals surface area contributed by atoms with Crippen molar-refractivity contribution in [2.45, 2.75) is 6.92 Å². The third kappa shape index (κ3) is 1.02. The fraction of sp³-hybridized carbons (Fsp3) is 0.111. The van der Waals surface area contributed by atoms with Crippen LogP contribution in [0.3, 0.4) is 0 Å². The van der Waals surface area contributed by atoms with Gasteiger partial charge >= 0.3 is 0 Å². The number of rotatable bonds is 1. The molecule has 0 bridgehead atoms. The van der Waals surface area contributed by atoms with E-state index in [-0.39, 0.29) is 0 Å². The maximum atomic E-state index is 10.5. The average Bonchev–Trinajstić information content (AvgIpc) is 2.49. The zero-order valence-electron chi connectivity index (χ0n) is 6.57. The van der Waals surface area contributed by atoms with Crippen molar-refractivity contribution in [1.29, 1.82) is 0 Å². The first-order valence-corrected chi connectivity index (χ1v) is 4.43. The highest BCUT2D eigenvalue weighted by Gasteiger charge is 2.02. The van der Waals surface area contributed by atoms with Gasteiger partial charge in [-0.15, -0.1) is 11.3 Å². The highest BCUT2D eigenvalue weighted by atomic mass is 32.1. The molecular weight excluding hydrogens is 170 g/mol. The molecule has 0 spiro atoms. The second kappa shape index (κ2) is 2.68. The Balaban J connectivity index is 2.82. The van der Waals surface area contributed by atoms with Crippen LogP contribution in [-0.4, -0.2) is 11.3 Å². The van der Waals surface area contributed by atoms with Crippen LogP contribution in [0.2, 0.25) is 0 Å². The second-order valence-electron chi connectivity index (χ2n) is 2.57. The van der Waals surface area contributed by atoms with Gasteiger partial charge in [0.25, 0.3) is 0 Å².